The smallest absolute Gasteiger partial charge is 0.271 e. The average Bonchev–Trinajstić information content (AvgIpc) is 2.81. The van der Waals surface area contributed by atoms with Gasteiger partial charge in [-0.25, -0.2) is 0 Å². The van der Waals surface area contributed by atoms with Crippen LogP contribution in [0, 0.1) is 10.1 Å². The molecule has 0 aliphatic carbocycles. The lowest BCUT2D eigenvalue weighted by Crippen LogP contribution is -2.24. The summed E-state index contributed by atoms with van der Waals surface area (Å²) >= 11 is 0. The molecule has 0 radical (unpaired) electrons. The topological polar surface area (TPSA) is 120 Å². The first-order valence-corrected chi connectivity index (χ1v) is 10.2. The Morgan fingerprint density at radius 1 is 0.818 bits per heavy atom. The quantitative estimate of drug-likeness (QED) is 0.339. The number of anilines is 2. The van der Waals surface area contributed by atoms with E-state index in [1.807, 2.05) is 30.3 Å². The van der Waals surface area contributed by atoms with Crippen molar-refractivity contribution >= 4 is 28.9 Å². The molecular formula is C24H23N3O6. The van der Waals surface area contributed by atoms with Gasteiger partial charge in [-0.3, -0.25) is 19.7 Å². The van der Waals surface area contributed by atoms with Crippen molar-refractivity contribution in [3.05, 3.63) is 94.5 Å². The molecule has 2 N–H and O–H groups in total. The largest absolute Gasteiger partial charge is 0.493 e. The summed E-state index contributed by atoms with van der Waals surface area (Å²) in [6.45, 7) is -0.149. The molecule has 0 saturated heterocycles. The summed E-state index contributed by atoms with van der Waals surface area (Å²) in [6, 6.07) is 22.5. The van der Waals surface area contributed by atoms with Crippen molar-refractivity contribution in [2.24, 2.45) is 0 Å². The molecule has 0 atom stereocenters. The van der Waals surface area contributed by atoms with Crippen molar-refractivity contribution in [2.75, 3.05) is 30.5 Å². The zero-order valence-corrected chi connectivity index (χ0v) is 17.7. The highest BCUT2D eigenvalue weighted by Crippen LogP contribution is 2.17. The molecule has 170 valence electrons. The number of rotatable bonds is 11. The SMILES string of the molecule is O=C(COCC(=O)Nc1cccc([N+](=O)[O-])c1)Nc1ccc(OCCc2ccccc2)cc1. The van der Waals surface area contributed by atoms with Crippen LogP contribution < -0.4 is 15.4 Å². The molecule has 0 fully saturated rings. The third kappa shape index (κ3) is 8.08. The van der Waals surface area contributed by atoms with Crippen LogP contribution in [0.15, 0.2) is 78.9 Å². The van der Waals surface area contributed by atoms with Crippen LogP contribution in [0.3, 0.4) is 0 Å². The number of nitro groups is 1. The summed E-state index contributed by atoms with van der Waals surface area (Å²) in [6.07, 6.45) is 0.797. The van der Waals surface area contributed by atoms with E-state index in [0.29, 0.717) is 18.0 Å². The zero-order chi connectivity index (χ0) is 23.5. The molecule has 0 unspecified atom stereocenters. The number of ether oxygens (including phenoxy) is 2. The third-order valence-corrected chi connectivity index (χ3v) is 4.45. The molecule has 33 heavy (non-hydrogen) atoms. The van der Waals surface area contributed by atoms with Gasteiger partial charge in [-0.15, -0.1) is 0 Å². The Morgan fingerprint density at radius 3 is 2.15 bits per heavy atom. The fourth-order valence-corrected chi connectivity index (χ4v) is 2.89. The van der Waals surface area contributed by atoms with Gasteiger partial charge in [-0.2, -0.15) is 0 Å². The number of nitro benzene ring substituents is 1. The van der Waals surface area contributed by atoms with Crippen LogP contribution in [0.2, 0.25) is 0 Å². The van der Waals surface area contributed by atoms with Gasteiger partial charge in [-0.1, -0.05) is 36.4 Å². The molecule has 2 amide bonds. The van der Waals surface area contributed by atoms with Crippen molar-refractivity contribution in [2.45, 2.75) is 6.42 Å². The Hall–Kier alpha value is -4.24. The Kier molecular flexibility index (Phi) is 8.49. The van der Waals surface area contributed by atoms with Crippen molar-refractivity contribution in [3.63, 3.8) is 0 Å². The summed E-state index contributed by atoms with van der Waals surface area (Å²) in [5.74, 6) is -0.255. The fraction of sp³-hybridized carbons (Fsp3) is 0.167. The predicted octanol–water partition coefficient (Wildman–Crippen LogP) is 3.81. The van der Waals surface area contributed by atoms with E-state index in [-0.39, 0.29) is 24.6 Å². The van der Waals surface area contributed by atoms with Crippen molar-refractivity contribution in [1.29, 1.82) is 0 Å². The van der Waals surface area contributed by atoms with E-state index in [2.05, 4.69) is 10.6 Å². The number of carbonyl (C=O) groups is 2. The number of carbonyl (C=O) groups excluding carboxylic acids is 2. The molecule has 0 saturated carbocycles. The second-order valence-corrected chi connectivity index (χ2v) is 7.01. The first-order chi connectivity index (χ1) is 16.0. The van der Waals surface area contributed by atoms with E-state index in [1.165, 1.54) is 29.8 Å². The molecule has 0 heterocycles. The van der Waals surface area contributed by atoms with Crippen LogP contribution >= 0.6 is 0 Å². The Labute approximate surface area is 190 Å². The summed E-state index contributed by atoms with van der Waals surface area (Å²) < 4.78 is 10.8. The zero-order valence-electron chi connectivity index (χ0n) is 17.7. The molecule has 0 bridgehead atoms. The van der Waals surface area contributed by atoms with E-state index in [4.69, 9.17) is 9.47 Å². The first kappa shape index (κ1) is 23.4. The molecule has 9 nitrogen and oxygen atoms in total. The van der Waals surface area contributed by atoms with Gasteiger partial charge in [0.25, 0.3) is 5.69 Å². The van der Waals surface area contributed by atoms with E-state index >= 15 is 0 Å². The lowest BCUT2D eigenvalue weighted by Gasteiger charge is -2.09. The van der Waals surface area contributed by atoms with Gasteiger partial charge in [0, 0.05) is 29.9 Å². The highest BCUT2D eigenvalue weighted by molar-refractivity contribution is 5.93. The minimum atomic E-state index is -0.556. The molecule has 3 aromatic rings. The van der Waals surface area contributed by atoms with Crippen molar-refractivity contribution in [1.82, 2.24) is 0 Å². The van der Waals surface area contributed by atoms with E-state index in [9.17, 15) is 19.7 Å². The van der Waals surface area contributed by atoms with E-state index in [1.54, 1.807) is 24.3 Å². The third-order valence-electron chi connectivity index (χ3n) is 4.45. The number of hydrogen-bond donors (Lipinski definition) is 2. The lowest BCUT2D eigenvalue weighted by molar-refractivity contribution is -0.384. The van der Waals surface area contributed by atoms with Gasteiger partial charge in [0.1, 0.15) is 19.0 Å². The lowest BCUT2D eigenvalue weighted by atomic mass is 10.2. The monoisotopic (exact) mass is 449 g/mol. The minimum Gasteiger partial charge on any atom is -0.493 e. The maximum Gasteiger partial charge on any atom is 0.271 e. The highest BCUT2D eigenvalue weighted by atomic mass is 16.6. The second kappa shape index (κ2) is 12.0. The molecule has 0 spiro atoms. The molecule has 0 aliphatic heterocycles. The molecule has 0 aromatic heterocycles. The summed E-state index contributed by atoms with van der Waals surface area (Å²) in [4.78, 5) is 34.1. The molecule has 3 aromatic carbocycles. The summed E-state index contributed by atoms with van der Waals surface area (Å²) in [5, 5.41) is 15.9. The Bertz CT molecular complexity index is 1090. The fourth-order valence-electron chi connectivity index (χ4n) is 2.89. The van der Waals surface area contributed by atoms with Gasteiger partial charge in [0.15, 0.2) is 0 Å². The van der Waals surface area contributed by atoms with Crippen LogP contribution in [-0.4, -0.2) is 36.6 Å². The van der Waals surface area contributed by atoms with Crippen LogP contribution in [0.5, 0.6) is 5.75 Å². The minimum absolute atomic E-state index is 0.138. The number of nitrogens with zero attached hydrogens (tertiary/aromatic N) is 1. The number of benzene rings is 3. The molecule has 3 rings (SSSR count). The van der Waals surface area contributed by atoms with Gasteiger partial charge in [-0.05, 0) is 35.9 Å². The average molecular weight is 449 g/mol. The maximum absolute atomic E-state index is 12.0. The van der Waals surface area contributed by atoms with Gasteiger partial charge in [0.05, 0.1) is 11.5 Å². The van der Waals surface area contributed by atoms with Crippen molar-refractivity contribution < 1.29 is 24.0 Å². The maximum atomic E-state index is 12.0. The standard InChI is InChI=1S/C24H23N3O6/c28-23(16-32-17-24(29)26-20-7-4-8-21(15-20)27(30)31)25-19-9-11-22(12-10-19)33-14-13-18-5-2-1-3-6-18/h1-12,15H,13-14,16-17H2,(H,25,28)(H,26,29). The number of nitrogens with one attached hydrogen (secondary N) is 2. The van der Waals surface area contributed by atoms with Crippen molar-refractivity contribution in [3.8, 4) is 5.75 Å². The van der Waals surface area contributed by atoms with Crippen LogP contribution in [0.25, 0.3) is 0 Å². The van der Waals surface area contributed by atoms with Gasteiger partial charge < -0.3 is 20.1 Å². The Balaban J connectivity index is 1.35. The number of amides is 2. The first-order valence-electron chi connectivity index (χ1n) is 10.2. The predicted molar refractivity (Wildman–Crippen MR) is 123 cm³/mol. The number of hydrogen-bond acceptors (Lipinski definition) is 6. The van der Waals surface area contributed by atoms with Crippen LogP contribution in [0.4, 0.5) is 17.1 Å². The Morgan fingerprint density at radius 2 is 1.48 bits per heavy atom. The molecule has 9 heteroatoms. The molecule has 0 aliphatic rings. The second-order valence-electron chi connectivity index (χ2n) is 7.01. The number of non-ortho nitro benzene ring substituents is 1. The van der Waals surface area contributed by atoms with Gasteiger partial charge >= 0.3 is 0 Å². The normalized spacial score (nSPS) is 10.3. The van der Waals surface area contributed by atoms with Crippen LogP contribution in [0.1, 0.15) is 5.56 Å². The summed E-state index contributed by atoms with van der Waals surface area (Å²) in [7, 11) is 0. The molecular weight excluding hydrogens is 426 g/mol. The summed E-state index contributed by atoms with van der Waals surface area (Å²) in [5.41, 5.74) is 1.90. The van der Waals surface area contributed by atoms with Crippen LogP contribution in [-0.2, 0) is 20.7 Å². The highest BCUT2D eigenvalue weighted by Gasteiger charge is 2.10. The van der Waals surface area contributed by atoms with E-state index < -0.39 is 16.7 Å². The van der Waals surface area contributed by atoms with Gasteiger partial charge in [0.2, 0.25) is 11.8 Å². The van der Waals surface area contributed by atoms with E-state index in [0.717, 1.165) is 6.42 Å².